The average Bonchev–Trinajstić information content (AvgIpc) is 2.33. The summed E-state index contributed by atoms with van der Waals surface area (Å²) in [5.74, 6) is -0.346. The standard InChI is InChI=1S/C14H20ClNO4S/c1-5-16(9-14(2,3)18)13(17)10-6-7-11(15)12(8-10)21(4,19)20/h6-8,18H,5,9H2,1-4H3. The minimum absolute atomic E-state index is 0.0747. The third-order valence-electron chi connectivity index (χ3n) is 2.82. The smallest absolute Gasteiger partial charge is 0.253 e. The van der Waals surface area contributed by atoms with Gasteiger partial charge in [0.05, 0.1) is 15.5 Å². The summed E-state index contributed by atoms with van der Waals surface area (Å²) in [5, 5.41) is 9.91. The molecular formula is C14H20ClNO4S. The highest BCUT2D eigenvalue weighted by Gasteiger charge is 2.23. The highest BCUT2D eigenvalue weighted by atomic mass is 35.5. The Morgan fingerprint density at radius 1 is 1.38 bits per heavy atom. The summed E-state index contributed by atoms with van der Waals surface area (Å²) in [7, 11) is -3.51. The number of likely N-dealkylation sites (N-methyl/N-ethyl adjacent to an activating group) is 1. The maximum atomic E-state index is 12.4. The lowest BCUT2D eigenvalue weighted by molar-refractivity contribution is 0.0314. The minimum atomic E-state index is -3.51. The zero-order valence-electron chi connectivity index (χ0n) is 12.6. The molecular weight excluding hydrogens is 314 g/mol. The lowest BCUT2D eigenvalue weighted by Gasteiger charge is -2.28. The first kappa shape index (κ1) is 17.9. The zero-order valence-corrected chi connectivity index (χ0v) is 14.1. The number of aliphatic hydroxyl groups is 1. The second-order valence-electron chi connectivity index (χ2n) is 5.55. The van der Waals surface area contributed by atoms with Gasteiger partial charge in [0.1, 0.15) is 0 Å². The Bertz CT molecular complexity index is 635. The predicted molar refractivity (Wildman–Crippen MR) is 82.4 cm³/mol. The second-order valence-corrected chi connectivity index (χ2v) is 7.94. The van der Waals surface area contributed by atoms with E-state index in [1.165, 1.54) is 23.1 Å². The van der Waals surface area contributed by atoms with E-state index in [4.69, 9.17) is 11.6 Å². The first-order valence-corrected chi connectivity index (χ1v) is 8.74. The van der Waals surface area contributed by atoms with Gasteiger partial charge in [-0.2, -0.15) is 0 Å². The van der Waals surface area contributed by atoms with E-state index in [9.17, 15) is 18.3 Å². The van der Waals surface area contributed by atoms with Gasteiger partial charge in [0.2, 0.25) is 0 Å². The molecule has 1 aromatic carbocycles. The van der Waals surface area contributed by atoms with E-state index < -0.39 is 15.4 Å². The molecule has 1 aromatic rings. The number of carbonyl (C=O) groups is 1. The first-order valence-electron chi connectivity index (χ1n) is 6.47. The highest BCUT2D eigenvalue weighted by Crippen LogP contribution is 2.23. The number of rotatable bonds is 5. The van der Waals surface area contributed by atoms with Crippen molar-refractivity contribution in [2.75, 3.05) is 19.3 Å². The van der Waals surface area contributed by atoms with Crippen LogP contribution in [-0.2, 0) is 9.84 Å². The molecule has 1 rings (SSSR count). The topological polar surface area (TPSA) is 74.7 Å². The SMILES string of the molecule is CCN(CC(C)(C)O)C(=O)c1ccc(Cl)c(S(C)(=O)=O)c1. The Hall–Kier alpha value is -1.11. The quantitative estimate of drug-likeness (QED) is 0.894. The van der Waals surface area contributed by atoms with Crippen LogP contribution < -0.4 is 0 Å². The van der Waals surface area contributed by atoms with Gasteiger partial charge in [-0.15, -0.1) is 0 Å². The first-order chi connectivity index (χ1) is 9.45. The molecule has 0 aliphatic heterocycles. The lowest BCUT2D eigenvalue weighted by atomic mass is 10.1. The Kier molecular flexibility index (Phi) is 5.41. The number of hydrogen-bond acceptors (Lipinski definition) is 4. The lowest BCUT2D eigenvalue weighted by Crippen LogP contribution is -2.42. The van der Waals surface area contributed by atoms with Crippen LogP contribution in [0.4, 0.5) is 0 Å². The Morgan fingerprint density at radius 3 is 2.38 bits per heavy atom. The van der Waals surface area contributed by atoms with E-state index in [-0.39, 0.29) is 27.9 Å². The third kappa shape index (κ3) is 4.98. The van der Waals surface area contributed by atoms with Gasteiger partial charge in [-0.05, 0) is 39.0 Å². The number of sulfone groups is 1. The number of nitrogens with zero attached hydrogens (tertiary/aromatic N) is 1. The molecule has 0 spiro atoms. The molecule has 5 nitrogen and oxygen atoms in total. The van der Waals surface area contributed by atoms with E-state index in [0.29, 0.717) is 6.54 Å². The van der Waals surface area contributed by atoms with Crippen LogP contribution in [-0.4, -0.2) is 49.3 Å². The molecule has 0 bridgehead atoms. The fraction of sp³-hybridized carbons (Fsp3) is 0.500. The van der Waals surface area contributed by atoms with Crippen molar-refractivity contribution < 1.29 is 18.3 Å². The average molecular weight is 334 g/mol. The van der Waals surface area contributed by atoms with Gasteiger partial charge in [0, 0.05) is 24.9 Å². The van der Waals surface area contributed by atoms with E-state index >= 15 is 0 Å². The molecule has 0 unspecified atom stereocenters. The molecule has 21 heavy (non-hydrogen) atoms. The molecule has 0 aliphatic rings. The molecule has 0 heterocycles. The third-order valence-corrected chi connectivity index (χ3v) is 4.40. The fourth-order valence-corrected chi connectivity index (χ4v) is 3.20. The summed E-state index contributed by atoms with van der Waals surface area (Å²) in [4.78, 5) is 13.8. The molecule has 0 aromatic heterocycles. The Morgan fingerprint density at radius 2 is 1.95 bits per heavy atom. The van der Waals surface area contributed by atoms with E-state index in [1.54, 1.807) is 20.8 Å². The van der Waals surface area contributed by atoms with Gasteiger partial charge in [0.25, 0.3) is 5.91 Å². The molecule has 1 amide bonds. The molecule has 0 aliphatic carbocycles. The summed E-state index contributed by atoms with van der Waals surface area (Å²) < 4.78 is 23.3. The zero-order chi connectivity index (χ0) is 16.4. The summed E-state index contributed by atoms with van der Waals surface area (Å²) in [5.41, 5.74) is -0.802. The number of amides is 1. The summed E-state index contributed by atoms with van der Waals surface area (Å²) in [6.07, 6.45) is 1.04. The van der Waals surface area contributed by atoms with Crippen molar-refractivity contribution in [1.82, 2.24) is 4.90 Å². The Balaban J connectivity index is 3.19. The van der Waals surface area contributed by atoms with Crippen molar-refractivity contribution in [2.45, 2.75) is 31.3 Å². The van der Waals surface area contributed by atoms with Crippen LogP contribution in [0.5, 0.6) is 0 Å². The molecule has 0 atom stereocenters. The van der Waals surface area contributed by atoms with Crippen molar-refractivity contribution >= 4 is 27.3 Å². The Labute approximate surface area is 130 Å². The molecule has 0 fully saturated rings. The van der Waals surface area contributed by atoms with E-state index in [1.807, 2.05) is 0 Å². The van der Waals surface area contributed by atoms with Crippen LogP contribution >= 0.6 is 11.6 Å². The van der Waals surface area contributed by atoms with Crippen molar-refractivity contribution in [3.05, 3.63) is 28.8 Å². The summed E-state index contributed by atoms with van der Waals surface area (Å²) >= 11 is 5.86. The van der Waals surface area contributed by atoms with Gasteiger partial charge in [-0.1, -0.05) is 11.6 Å². The van der Waals surface area contributed by atoms with Crippen LogP contribution in [0.3, 0.4) is 0 Å². The molecule has 7 heteroatoms. The molecule has 1 N–H and O–H groups in total. The van der Waals surface area contributed by atoms with Crippen molar-refractivity contribution in [1.29, 1.82) is 0 Å². The van der Waals surface area contributed by atoms with Crippen molar-refractivity contribution in [3.63, 3.8) is 0 Å². The number of carbonyl (C=O) groups excluding carboxylic acids is 1. The molecule has 0 saturated carbocycles. The number of hydrogen-bond donors (Lipinski definition) is 1. The van der Waals surface area contributed by atoms with E-state index in [0.717, 1.165) is 6.26 Å². The van der Waals surface area contributed by atoms with Crippen molar-refractivity contribution in [3.8, 4) is 0 Å². The predicted octanol–water partition coefficient (Wildman–Crippen LogP) is 1.98. The van der Waals surface area contributed by atoms with Gasteiger partial charge < -0.3 is 10.0 Å². The summed E-state index contributed by atoms with van der Waals surface area (Å²) in [6, 6.07) is 4.14. The second kappa shape index (κ2) is 6.34. The fourth-order valence-electron chi connectivity index (χ4n) is 1.90. The van der Waals surface area contributed by atoms with Crippen LogP contribution in [0.2, 0.25) is 5.02 Å². The van der Waals surface area contributed by atoms with Crippen LogP contribution in [0.1, 0.15) is 31.1 Å². The monoisotopic (exact) mass is 333 g/mol. The highest BCUT2D eigenvalue weighted by molar-refractivity contribution is 7.90. The summed E-state index contributed by atoms with van der Waals surface area (Å²) in [6.45, 7) is 5.55. The maximum absolute atomic E-state index is 12.4. The molecule has 0 radical (unpaired) electrons. The van der Waals surface area contributed by atoms with Crippen LogP contribution in [0.25, 0.3) is 0 Å². The largest absolute Gasteiger partial charge is 0.389 e. The molecule has 118 valence electrons. The normalized spacial score (nSPS) is 12.3. The maximum Gasteiger partial charge on any atom is 0.253 e. The minimum Gasteiger partial charge on any atom is -0.389 e. The van der Waals surface area contributed by atoms with Gasteiger partial charge in [-0.25, -0.2) is 8.42 Å². The van der Waals surface area contributed by atoms with Gasteiger partial charge in [-0.3, -0.25) is 4.79 Å². The van der Waals surface area contributed by atoms with Gasteiger partial charge in [0.15, 0.2) is 9.84 Å². The van der Waals surface area contributed by atoms with E-state index in [2.05, 4.69) is 0 Å². The molecule has 0 saturated heterocycles. The number of benzene rings is 1. The number of halogens is 1. The van der Waals surface area contributed by atoms with Crippen LogP contribution in [0.15, 0.2) is 23.1 Å². The van der Waals surface area contributed by atoms with Gasteiger partial charge >= 0.3 is 0 Å². The van der Waals surface area contributed by atoms with Crippen LogP contribution in [0, 0.1) is 0 Å². The van der Waals surface area contributed by atoms with Crippen molar-refractivity contribution in [2.24, 2.45) is 0 Å².